The van der Waals surface area contributed by atoms with Crippen LogP contribution in [0.25, 0.3) is 0 Å². The van der Waals surface area contributed by atoms with Gasteiger partial charge in [0, 0.05) is 19.5 Å². The van der Waals surface area contributed by atoms with Crippen LogP contribution in [0.15, 0.2) is 0 Å². The molecule has 0 aromatic heterocycles. The van der Waals surface area contributed by atoms with Gasteiger partial charge in [-0.25, -0.2) is 0 Å². The molecule has 1 aliphatic heterocycles. The van der Waals surface area contributed by atoms with Gasteiger partial charge in [-0.05, 0) is 70.6 Å². The van der Waals surface area contributed by atoms with E-state index in [1.54, 1.807) is 0 Å². The van der Waals surface area contributed by atoms with E-state index in [9.17, 15) is 4.79 Å². The highest BCUT2D eigenvalue weighted by molar-refractivity contribution is 5.85. The van der Waals surface area contributed by atoms with Crippen molar-refractivity contribution >= 4 is 18.3 Å². The summed E-state index contributed by atoms with van der Waals surface area (Å²) in [4.78, 5) is 14.5. The van der Waals surface area contributed by atoms with Gasteiger partial charge in [-0.15, -0.1) is 12.4 Å². The van der Waals surface area contributed by atoms with Gasteiger partial charge < -0.3 is 15.5 Å². The lowest BCUT2D eigenvalue weighted by atomic mass is 9.89. The first-order chi connectivity index (χ1) is 10.8. The maximum Gasteiger partial charge on any atom is 0.221 e. The fraction of sp³-hybridized carbons (Fsp3) is 0.944. The van der Waals surface area contributed by atoms with Crippen LogP contribution in [-0.2, 0) is 4.79 Å². The normalized spacial score (nSPS) is 20.9. The Hall–Kier alpha value is -0.320. The van der Waals surface area contributed by atoms with Gasteiger partial charge in [0.1, 0.15) is 0 Å². The van der Waals surface area contributed by atoms with Crippen molar-refractivity contribution in [3.63, 3.8) is 0 Å². The van der Waals surface area contributed by atoms with Gasteiger partial charge in [-0.1, -0.05) is 19.3 Å². The second-order valence-corrected chi connectivity index (χ2v) is 7.24. The van der Waals surface area contributed by atoms with Crippen molar-refractivity contribution in [1.29, 1.82) is 0 Å². The summed E-state index contributed by atoms with van der Waals surface area (Å²) in [6.45, 7) is 5.32. The predicted octanol–water partition coefficient (Wildman–Crippen LogP) is 2.82. The lowest BCUT2D eigenvalue weighted by Crippen LogP contribution is -2.38. The van der Waals surface area contributed by atoms with Crippen LogP contribution in [-0.4, -0.2) is 50.6 Å². The summed E-state index contributed by atoms with van der Waals surface area (Å²) in [5.74, 6) is 1.87. The highest BCUT2D eigenvalue weighted by Gasteiger charge is 2.19. The molecule has 5 heteroatoms. The van der Waals surface area contributed by atoms with E-state index in [-0.39, 0.29) is 18.3 Å². The number of carbonyl (C=O) groups is 1. The Morgan fingerprint density at radius 3 is 2.39 bits per heavy atom. The Kier molecular flexibility index (Phi) is 10.9. The molecule has 1 saturated heterocycles. The summed E-state index contributed by atoms with van der Waals surface area (Å²) >= 11 is 0. The molecule has 0 atom stereocenters. The standard InChI is InChI=1S/C18H35N3O.ClH/c1-19-11-7-16-8-12-21(13-9-16)14-10-18(22)20-15-17-5-3-2-4-6-17;/h16-17,19H,2-15H2,1H3,(H,20,22);1H. The fourth-order valence-corrected chi connectivity index (χ4v) is 3.84. The molecule has 1 aliphatic carbocycles. The molecule has 0 bridgehead atoms. The molecule has 0 radical (unpaired) electrons. The Bertz CT molecular complexity index is 313. The third-order valence-electron chi connectivity index (χ3n) is 5.48. The molecule has 2 fully saturated rings. The van der Waals surface area contributed by atoms with Gasteiger partial charge in [0.05, 0.1) is 0 Å². The molecular formula is C18H36ClN3O. The number of rotatable bonds is 8. The van der Waals surface area contributed by atoms with E-state index in [0.29, 0.717) is 6.42 Å². The molecular weight excluding hydrogens is 310 g/mol. The number of nitrogens with zero attached hydrogens (tertiary/aromatic N) is 1. The van der Waals surface area contributed by atoms with Crippen LogP contribution in [0.2, 0.25) is 0 Å². The zero-order chi connectivity index (χ0) is 15.6. The van der Waals surface area contributed by atoms with Crippen molar-refractivity contribution in [2.24, 2.45) is 11.8 Å². The smallest absolute Gasteiger partial charge is 0.221 e. The summed E-state index contributed by atoms with van der Waals surface area (Å²) in [7, 11) is 2.03. The lowest BCUT2D eigenvalue weighted by molar-refractivity contribution is -0.121. The van der Waals surface area contributed by atoms with Crippen LogP contribution in [0.3, 0.4) is 0 Å². The molecule has 1 amide bonds. The SMILES string of the molecule is CNCCC1CCN(CCC(=O)NCC2CCCCC2)CC1.Cl. The van der Waals surface area contributed by atoms with Crippen LogP contribution in [0, 0.1) is 11.8 Å². The number of halogens is 1. The first-order valence-electron chi connectivity index (χ1n) is 9.41. The fourth-order valence-electron chi connectivity index (χ4n) is 3.84. The van der Waals surface area contributed by atoms with Gasteiger partial charge >= 0.3 is 0 Å². The zero-order valence-electron chi connectivity index (χ0n) is 14.8. The van der Waals surface area contributed by atoms with Crippen molar-refractivity contribution in [3.05, 3.63) is 0 Å². The van der Waals surface area contributed by atoms with E-state index in [1.807, 2.05) is 7.05 Å². The van der Waals surface area contributed by atoms with Crippen LogP contribution in [0.1, 0.15) is 57.8 Å². The zero-order valence-corrected chi connectivity index (χ0v) is 15.6. The van der Waals surface area contributed by atoms with Gasteiger partial charge in [-0.3, -0.25) is 4.79 Å². The van der Waals surface area contributed by atoms with Crippen LogP contribution < -0.4 is 10.6 Å². The molecule has 0 unspecified atom stereocenters. The average Bonchev–Trinajstić information content (AvgIpc) is 2.58. The van der Waals surface area contributed by atoms with Crippen LogP contribution in [0.4, 0.5) is 0 Å². The Balaban J connectivity index is 0.00000264. The summed E-state index contributed by atoms with van der Waals surface area (Å²) < 4.78 is 0. The summed E-state index contributed by atoms with van der Waals surface area (Å²) in [6.07, 6.45) is 11.3. The number of likely N-dealkylation sites (tertiary alicyclic amines) is 1. The average molecular weight is 346 g/mol. The number of hydrogen-bond acceptors (Lipinski definition) is 3. The van der Waals surface area contributed by atoms with Crippen molar-refractivity contribution in [3.8, 4) is 0 Å². The molecule has 2 aliphatic rings. The van der Waals surface area contributed by atoms with Crippen LogP contribution in [0.5, 0.6) is 0 Å². The minimum absolute atomic E-state index is 0. The summed E-state index contributed by atoms with van der Waals surface area (Å²) in [5.41, 5.74) is 0. The molecule has 1 heterocycles. The second-order valence-electron chi connectivity index (χ2n) is 7.24. The highest BCUT2D eigenvalue weighted by Crippen LogP contribution is 2.23. The Morgan fingerprint density at radius 1 is 1.04 bits per heavy atom. The number of piperidine rings is 1. The third kappa shape index (κ3) is 8.37. The van der Waals surface area contributed by atoms with Crippen molar-refractivity contribution in [2.45, 2.75) is 57.8 Å². The van der Waals surface area contributed by atoms with E-state index >= 15 is 0 Å². The number of hydrogen-bond donors (Lipinski definition) is 2. The Labute approximate surface area is 148 Å². The van der Waals surface area contributed by atoms with E-state index < -0.39 is 0 Å². The van der Waals surface area contributed by atoms with Gasteiger partial charge in [0.15, 0.2) is 0 Å². The maximum atomic E-state index is 12.0. The molecule has 0 aromatic rings. The Morgan fingerprint density at radius 2 is 1.74 bits per heavy atom. The first kappa shape index (κ1) is 20.7. The van der Waals surface area contributed by atoms with Gasteiger partial charge in [0.2, 0.25) is 5.91 Å². The van der Waals surface area contributed by atoms with Crippen LogP contribution >= 0.6 is 12.4 Å². The molecule has 4 nitrogen and oxygen atoms in total. The molecule has 2 rings (SSSR count). The molecule has 1 saturated carbocycles. The van der Waals surface area contributed by atoms with Gasteiger partial charge in [-0.2, -0.15) is 0 Å². The monoisotopic (exact) mass is 345 g/mol. The van der Waals surface area contributed by atoms with E-state index in [4.69, 9.17) is 0 Å². The van der Waals surface area contributed by atoms with Gasteiger partial charge in [0.25, 0.3) is 0 Å². The summed E-state index contributed by atoms with van der Waals surface area (Å²) in [5, 5.41) is 6.40. The van der Waals surface area contributed by atoms with Crippen molar-refractivity contribution in [1.82, 2.24) is 15.5 Å². The topological polar surface area (TPSA) is 44.4 Å². The maximum absolute atomic E-state index is 12.0. The minimum Gasteiger partial charge on any atom is -0.356 e. The second kappa shape index (κ2) is 12.1. The predicted molar refractivity (Wildman–Crippen MR) is 99.2 cm³/mol. The molecule has 0 aromatic carbocycles. The largest absolute Gasteiger partial charge is 0.356 e. The third-order valence-corrected chi connectivity index (χ3v) is 5.48. The molecule has 23 heavy (non-hydrogen) atoms. The number of amides is 1. The van der Waals surface area contributed by atoms with Crippen molar-refractivity contribution < 1.29 is 4.79 Å². The highest BCUT2D eigenvalue weighted by atomic mass is 35.5. The van der Waals surface area contributed by atoms with E-state index in [0.717, 1.165) is 31.5 Å². The summed E-state index contributed by atoms with van der Waals surface area (Å²) in [6, 6.07) is 0. The number of carbonyl (C=O) groups excluding carboxylic acids is 1. The molecule has 2 N–H and O–H groups in total. The first-order valence-corrected chi connectivity index (χ1v) is 9.41. The van der Waals surface area contributed by atoms with E-state index in [2.05, 4.69) is 15.5 Å². The number of nitrogens with one attached hydrogen (secondary N) is 2. The minimum atomic E-state index is 0. The lowest BCUT2D eigenvalue weighted by Gasteiger charge is -2.31. The van der Waals surface area contributed by atoms with E-state index in [1.165, 1.54) is 64.5 Å². The molecule has 0 spiro atoms. The molecule has 136 valence electrons. The van der Waals surface area contributed by atoms with Crippen molar-refractivity contribution in [2.75, 3.05) is 39.8 Å². The quantitative estimate of drug-likeness (QED) is 0.711.